The first-order valence-electron chi connectivity index (χ1n) is 10.7. The largest absolute Gasteiger partial charge is 0.351 e. The van der Waals surface area contributed by atoms with Crippen LogP contribution in [-0.2, 0) is 4.79 Å². The van der Waals surface area contributed by atoms with Crippen LogP contribution in [0.5, 0.6) is 0 Å². The minimum absolute atomic E-state index is 0.0222. The summed E-state index contributed by atoms with van der Waals surface area (Å²) >= 11 is 0. The minimum Gasteiger partial charge on any atom is -0.351 e. The minimum atomic E-state index is -2.98. The molecular formula is C21H29F4N3O. The first-order valence-corrected chi connectivity index (χ1v) is 10.7. The molecule has 2 unspecified atom stereocenters. The fourth-order valence-corrected chi connectivity index (χ4v) is 6.70. The fraction of sp³-hybridized carbons (Fsp3) is 0.810. The van der Waals surface area contributed by atoms with E-state index in [1.165, 1.54) is 26.2 Å². The number of amides is 1. The van der Waals surface area contributed by atoms with Crippen LogP contribution in [0.15, 0.2) is 6.07 Å². The standard InChI is InChI=1S/C21H29F4N3O/c1-3-17(21-8-12-4-13(9-21)6-14(5-12)10-21)26-20(29)11(2)28-16(19(24)25)7-15(27-28)18(22)23/h7,11-14,17-19H,3-6,8-10H2,1-2H3,(H,26,29). The summed E-state index contributed by atoms with van der Waals surface area (Å²) in [6.45, 7) is 3.48. The van der Waals surface area contributed by atoms with E-state index < -0.39 is 36.2 Å². The molecule has 1 heterocycles. The van der Waals surface area contributed by atoms with Gasteiger partial charge in [0.25, 0.3) is 12.9 Å². The van der Waals surface area contributed by atoms with E-state index in [4.69, 9.17) is 0 Å². The molecule has 5 rings (SSSR count). The van der Waals surface area contributed by atoms with E-state index in [0.717, 1.165) is 48.1 Å². The lowest BCUT2D eigenvalue weighted by Crippen LogP contribution is -2.57. The summed E-state index contributed by atoms with van der Waals surface area (Å²) in [7, 11) is 0. The van der Waals surface area contributed by atoms with Gasteiger partial charge in [-0.15, -0.1) is 0 Å². The number of hydrogen-bond donors (Lipinski definition) is 1. The monoisotopic (exact) mass is 415 g/mol. The molecule has 4 nitrogen and oxygen atoms in total. The van der Waals surface area contributed by atoms with Crippen LogP contribution < -0.4 is 5.32 Å². The SMILES string of the molecule is CCC(NC(=O)C(C)n1nc(C(F)F)cc1C(F)F)C12CC3CC(CC(C3)C1)C2. The van der Waals surface area contributed by atoms with Crippen LogP contribution in [0.3, 0.4) is 0 Å². The van der Waals surface area contributed by atoms with Gasteiger partial charge in [0.15, 0.2) is 0 Å². The van der Waals surface area contributed by atoms with E-state index in [0.29, 0.717) is 6.07 Å². The van der Waals surface area contributed by atoms with Gasteiger partial charge in [0.2, 0.25) is 5.91 Å². The summed E-state index contributed by atoms with van der Waals surface area (Å²) in [5.74, 6) is 1.76. The van der Waals surface area contributed by atoms with Crippen molar-refractivity contribution in [2.45, 2.75) is 83.7 Å². The lowest BCUT2D eigenvalue weighted by Gasteiger charge is -2.59. The molecule has 8 heteroatoms. The first kappa shape index (κ1) is 20.7. The van der Waals surface area contributed by atoms with Crippen molar-refractivity contribution in [1.82, 2.24) is 15.1 Å². The highest BCUT2D eigenvalue weighted by atomic mass is 19.3. The van der Waals surface area contributed by atoms with Gasteiger partial charge in [-0.1, -0.05) is 6.92 Å². The van der Waals surface area contributed by atoms with E-state index in [1.54, 1.807) is 0 Å². The highest BCUT2D eigenvalue weighted by molar-refractivity contribution is 5.80. The Morgan fingerprint density at radius 3 is 2.14 bits per heavy atom. The Hall–Kier alpha value is -1.60. The van der Waals surface area contributed by atoms with Crippen LogP contribution >= 0.6 is 0 Å². The normalized spacial score (nSPS) is 32.8. The van der Waals surface area contributed by atoms with Gasteiger partial charge < -0.3 is 5.32 Å². The van der Waals surface area contributed by atoms with E-state index in [1.807, 2.05) is 6.92 Å². The van der Waals surface area contributed by atoms with E-state index >= 15 is 0 Å². The lowest BCUT2D eigenvalue weighted by molar-refractivity contribution is -0.129. The van der Waals surface area contributed by atoms with Crippen molar-refractivity contribution in [3.63, 3.8) is 0 Å². The van der Waals surface area contributed by atoms with Crippen LogP contribution in [-0.4, -0.2) is 21.7 Å². The van der Waals surface area contributed by atoms with Crippen molar-refractivity contribution in [3.05, 3.63) is 17.5 Å². The number of alkyl halides is 4. The van der Waals surface area contributed by atoms with Crippen molar-refractivity contribution in [2.75, 3.05) is 0 Å². The number of rotatable bonds is 7. The van der Waals surface area contributed by atoms with E-state index in [-0.39, 0.29) is 11.5 Å². The Morgan fingerprint density at radius 2 is 1.69 bits per heavy atom. The first-order chi connectivity index (χ1) is 13.7. The topological polar surface area (TPSA) is 46.9 Å². The molecule has 29 heavy (non-hydrogen) atoms. The Labute approximate surface area is 168 Å². The van der Waals surface area contributed by atoms with Crippen LogP contribution in [0.1, 0.15) is 89.1 Å². The summed E-state index contributed by atoms with van der Waals surface area (Å²) in [4.78, 5) is 13.0. The van der Waals surface area contributed by atoms with Gasteiger partial charge in [0.1, 0.15) is 17.4 Å². The zero-order chi connectivity index (χ0) is 20.9. The van der Waals surface area contributed by atoms with Gasteiger partial charge in [0, 0.05) is 6.04 Å². The average Bonchev–Trinajstić information content (AvgIpc) is 3.10. The molecule has 0 aliphatic heterocycles. The lowest BCUT2D eigenvalue weighted by atomic mass is 9.47. The molecule has 2 atom stereocenters. The van der Waals surface area contributed by atoms with Crippen molar-refractivity contribution in [1.29, 1.82) is 0 Å². The van der Waals surface area contributed by atoms with Gasteiger partial charge >= 0.3 is 0 Å². The summed E-state index contributed by atoms with van der Waals surface area (Å²) in [5.41, 5.74) is -1.29. The van der Waals surface area contributed by atoms with E-state index in [9.17, 15) is 22.4 Å². The van der Waals surface area contributed by atoms with Crippen LogP contribution in [0.2, 0.25) is 0 Å². The highest BCUT2D eigenvalue weighted by Crippen LogP contribution is 2.61. The number of halogens is 4. The molecule has 0 radical (unpaired) electrons. The van der Waals surface area contributed by atoms with Crippen LogP contribution in [0.25, 0.3) is 0 Å². The third kappa shape index (κ3) is 3.67. The van der Waals surface area contributed by atoms with Gasteiger partial charge in [-0.3, -0.25) is 9.48 Å². The molecule has 0 aromatic carbocycles. The molecule has 162 valence electrons. The fourth-order valence-electron chi connectivity index (χ4n) is 6.70. The number of nitrogens with one attached hydrogen (secondary N) is 1. The zero-order valence-electron chi connectivity index (χ0n) is 16.9. The second-order valence-corrected chi connectivity index (χ2v) is 9.47. The Bertz CT molecular complexity index is 728. The summed E-state index contributed by atoms with van der Waals surface area (Å²) in [6.07, 6.45) is 2.07. The zero-order valence-corrected chi connectivity index (χ0v) is 16.9. The molecule has 4 saturated carbocycles. The van der Waals surface area contributed by atoms with Crippen molar-refractivity contribution in [3.8, 4) is 0 Å². The summed E-state index contributed by atoms with van der Waals surface area (Å²) in [6, 6.07) is -0.407. The molecule has 1 aromatic heterocycles. The highest BCUT2D eigenvalue weighted by Gasteiger charge is 2.54. The number of nitrogens with zero attached hydrogens (tertiary/aromatic N) is 2. The molecule has 4 aliphatic carbocycles. The summed E-state index contributed by atoms with van der Waals surface area (Å²) in [5, 5.41) is 6.70. The molecule has 0 saturated heterocycles. The smallest absolute Gasteiger partial charge is 0.282 e. The third-order valence-corrected chi connectivity index (χ3v) is 7.53. The van der Waals surface area contributed by atoms with E-state index in [2.05, 4.69) is 10.4 Å². The van der Waals surface area contributed by atoms with Crippen molar-refractivity contribution < 1.29 is 22.4 Å². The Balaban J connectivity index is 1.52. The van der Waals surface area contributed by atoms with Gasteiger partial charge in [-0.25, -0.2) is 17.6 Å². The molecule has 1 N–H and O–H groups in total. The molecule has 1 aromatic rings. The maximum Gasteiger partial charge on any atom is 0.282 e. The molecule has 4 aliphatic rings. The Morgan fingerprint density at radius 1 is 1.14 bits per heavy atom. The van der Waals surface area contributed by atoms with Gasteiger partial charge in [0.05, 0.1) is 0 Å². The predicted octanol–water partition coefficient (Wildman–Crippen LogP) is 5.43. The average molecular weight is 415 g/mol. The number of carbonyl (C=O) groups excluding carboxylic acids is 1. The molecule has 4 fully saturated rings. The Kier molecular flexibility index (Phi) is 5.40. The second kappa shape index (κ2) is 7.58. The quantitative estimate of drug-likeness (QED) is 0.604. The number of aromatic nitrogens is 2. The number of hydrogen-bond acceptors (Lipinski definition) is 2. The van der Waals surface area contributed by atoms with Crippen molar-refractivity contribution >= 4 is 5.91 Å². The molecular weight excluding hydrogens is 386 g/mol. The molecule has 0 spiro atoms. The maximum atomic E-state index is 13.3. The van der Waals surface area contributed by atoms with Crippen LogP contribution in [0, 0.1) is 23.2 Å². The molecule has 4 bridgehead atoms. The number of carbonyl (C=O) groups is 1. The van der Waals surface area contributed by atoms with Crippen LogP contribution in [0.4, 0.5) is 17.6 Å². The molecule has 1 amide bonds. The third-order valence-electron chi connectivity index (χ3n) is 7.53. The van der Waals surface area contributed by atoms with Gasteiger partial charge in [-0.2, -0.15) is 5.10 Å². The van der Waals surface area contributed by atoms with Crippen molar-refractivity contribution in [2.24, 2.45) is 23.2 Å². The van der Waals surface area contributed by atoms with Gasteiger partial charge in [-0.05, 0) is 81.1 Å². The maximum absolute atomic E-state index is 13.3. The predicted molar refractivity (Wildman–Crippen MR) is 99.7 cm³/mol. The second-order valence-electron chi connectivity index (χ2n) is 9.47. The summed E-state index contributed by atoms with van der Waals surface area (Å²) < 4.78 is 53.3.